The van der Waals surface area contributed by atoms with Gasteiger partial charge in [0, 0.05) is 19.1 Å². The van der Waals surface area contributed by atoms with Gasteiger partial charge in [0.2, 0.25) is 0 Å². The van der Waals surface area contributed by atoms with Gasteiger partial charge >= 0.3 is 12.0 Å². The van der Waals surface area contributed by atoms with Gasteiger partial charge in [0.15, 0.2) is 0 Å². The average molecular weight is 282 g/mol. The molecule has 1 saturated heterocycles. The third-order valence-corrected chi connectivity index (χ3v) is 4.66. The van der Waals surface area contributed by atoms with Gasteiger partial charge in [-0.1, -0.05) is 13.8 Å². The van der Waals surface area contributed by atoms with Crippen molar-refractivity contribution in [2.24, 2.45) is 17.8 Å². The molecule has 1 saturated carbocycles. The summed E-state index contributed by atoms with van der Waals surface area (Å²) in [5.74, 6) is 0.910. The van der Waals surface area contributed by atoms with E-state index in [-0.39, 0.29) is 18.5 Å². The molecule has 2 rings (SSSR count). The van der Waals surface area contributed by atoms with Crippen LogP contribution < -0.4 is 5.32 Å². The molecule has 0 aromatic carbocycles. The largest absolute Gasteiger partial charge is 0.481 e. The fourth-order valence-corrected chi connectivity index (χ4v) is 3.04. The molecular weight excluding hydrogens is 256 g/mol. The Kier molecular flexibility index (Phi) is 4.89. The van der Waals surface area contributed by atoms with E-state index in [1.54, 1.807) is 0 Å². The Morgan fingerprint density at radius 1 is 1.15 bits per heavy atom. The number of amides is 2. The van der Waals surface area contributed by atoms with Crippen LogP contribution in [0.25, 0.3) is 0 Å². The molecule has 0 bridgehead atoms. The first-order chi connectivity index (χ1) is 9.47. The van der Waals surface area contributed by atoms with Crippen molar-refractivity contribution >= 4 is 12.0 Å². The van der Waals surface area contributed by atoms with Crippen molar-refractivity contribution in [1.82, 2.24) is 10.2 Å². The maximum Gasteiger partial charge on any atom is 0.317 e. The zero-order chi connectivity index (χ0) is 14.7. The third kappa shape index (κ3) is 4.12. The van der Waals surface area contributed by atoms with E-state index in [1.165, 1.54) is 0 Å². The lowest BCUT2D eigenvalue weighted by Crippen LogP contribution is -2.49. The molecule has 0 spiro atoms. The number of nitrogens with zero attached hydrogens (tertiary/aromatic N) is 1. The number of hydrogen-bond donors (Lipinski definition) is 2. The van der Waals surface area contributed by atoms with Crippen molar-refractivity contribution in [3.63, 3.8) is 0 Å². The maximum atomic E-state index is 12.2. The lowest BCUT2D eigenvalue weighted by atomic mass is 9.87. The summed E-state index contributed by atoms with van der Waals surface area (Å²) >= 11 is 0. The molecule has 5 nitrogen and oxygen atoms in total. The van der Waals surface area contributed by atoms with Crippen LogP contribution in [0.2, 0.25) is 0 Å². The van der Waals surface area contributed by atoms with Gasteiger partial charge in [-0.3, -0.25) is 4.79 Å². The highest BCUT2D eigenvalue weighted by Crippen LogP contribution is 2.34. The summed E-state index contributed by atoms with van der Waals surface area (Å²) in [7, 11) is 0. The van der Waals surface area contributed by atoms with Crippen LogP contribution in [-0.4, -0.2) is 41.1 Å². The van der Waals surface area contributed by atoms with Gasteiger partial charge in [0.25, 0.3) is 0 Å². The summed E-state index contributed by atoms with van der Waals surface area (Å²) in [5, 5.41) is 11.8. The van der Waals surface area contributed by atoms with Crippen LogP contribution in [0, 0.1) is 17.8 Å². The first-order valence-corrected chi connectivity index (χ1v) is 7.74. The highest BCUT2D eigenvalue weighted by atomic mass is 16.4. The Labute approximate surface area is 120 Å². The van der Waals surface area contributed by atoms with E-state index < -0.39 is 5.97 Å². The summed E-state index contributed by atoms with van der Waals surface area (Å²) in [6.45, 7) is 6.05. The van der Waals surface area contributed by atoms with E-state index in [9.17, 15) is 9.59 Å². The second-order valence-electron chi connectivity index (χ2n) is 6.56. The van der Waals surface area contributed by atoms with Gasteiger partial charge in [0.05, 0.1) is 6.42 Å². The van der Waals surface area contributed by atoms with Crippen LogP contribution in [0.5, 0.6) is 0 Å². The molecule has 2 aliphatic rings. The molecule has 1 unspecified atom stereocenters. The summed E-state index contributed by atoms with van der Waals surface area (Å²) in [6.07, 6.45) is 4.22. The van der Waals surface area contributed by atoms with Crippen LogP contribution in [-0.2, 0) is 4.79 Å². The SMILES string of the molecule is CC(C)C1CCN(C(=O)NC(CC(=O)O)C2CC2)CC1. The lowest BCUT2D eigenvalue weighted by molar-refractivity contribution is -0.137. The normalized spacial score (nSPS) is 21.9. The number of carboxylic acids is 1. The number of likely N-dealkylation sites (tertiary alicyclic amines) is 1. The maximum absolute atomic E-state index is 12.2. The van der Waals surface area contributed by atoms with E-state index >= 15 is 0 Å². The van der Waals surface area contributed by atoms with Crippen LogP contribution in [0.4, 0.5) is 4.79 Å². The molecule has 2 amide bonds. The molecule has 2 fully saturated rings. The first kappa shape index (κ1) is 15.1. The fourth-order valence-electron chi connectivity index (χ4n) is 3.04. The van der Waals surface area contributed by atoms with E-state index in [1.807, 2.05) is 4.90 Å². The summed E-state index contributed by atoms with van der Waals surface area (Å²) in [4.78, 5) is 24.9. The van der Waals surface area contributed by atoms with Crippen LogP contribution in [0.3, 0.4) is 0 Å². The monoisotopic (exact) mass is 282 g/mol. The van der Waals surface area contributed by atoms with Crippen molar-refractivity contribution < 1.29 is 14.7 Å². The Balaban J connectivity index is 1.80. The quantitative estimate of drug-likeness (QED) is 0.813. The molecule has 114 valence electrons. The predicted octanol–water partition coefficient (Wildman–Crippen LogP) is 2.32. The minimum Gasteiger partial charge on any atom is -0.481 e. The molecule has 1 aliphatic heterocycles. The molecule has 2 N–H and O–H groups in total. The Bertz CT molecular complexity index is 358. The topological polar surface area (TPSA) is 69.6 Å². The standard InChI is InChI=1S/C15H26N2O3/c1-10(2)11-5-7-17(8-6-11)15(20)16-13(9-14(18)19)12-3-4-12/h10-13H,3-9H2,1-2H3,(H,16,20)(H,18,19). The van der Waals surface area contributed by atoms with Gasteiger partial charge in [-0.25, -0.2) is 4.79 Å². The van der Waals surface area contributed by atoms with Crippen LogP contribution in [0.15, 0.2) is 0 Å². The van der Waals surface area contributed by atoms with Gasteiger partial charge in [-0.05, 0) is 43.4 Å². The smallest absolute Gasteiger partial charge is 0.317 e. The Morgan fingerprint density at radius 3 is 2.20 bits per heavy atom. The molecular formula is C15H26N2O3. The molecule has 5 heteroatoms. The third-order valence-electron chi connectivity index (χ3n) is 4.66. The molecule has 0 aromatic heterocycles. The highest BCUT2D eigenvalue weighted by molar-refractivity contribution is 5.76. The Morgan fingerprint density at radius 2 is 1.75 bits per heavy atom. The van der Waals surface area contributed by atoms with Crippen molar-refractivity contribution in [2.45, 2.75) is 52.0 Å². The van der Waals surface area contributed by atoms with E-state index in [4.69, 9.17) is 5.11 Å². The minimum atomic E-state index is -0.833. The van der Waals surface area contributed by atoms with Gasteiger partial charge in [-0.2, -0.15) is 0 Å². The number of rotatable bonds is 5. The molecule has 0 aromatic rings. The van der Waals surface area contributed by atoms with Crippen molar-refractivity contribution in [1.29, 1.82) is 0 Å². The van der Waals surface area contributed by atoms with Gasteiger partial charge < -0.3 is 15.3 Å². The zero-order valence-corrected chi connectivity index (χ0v) is 12.5. The second-order valence-corrected chi connectivity index (χ2v) is 6.56. The summed E-state index contributed by atoms with van der Waals surface area (Å²) in [5.41, 5.74) is 0. The van der Waals surface area contributed by atoms with E-state index in [0.717, 1.165) is 38.8 Å². The molecule has 0 radical (unpaired) electrons. The van der Waals surface area contributed by atoms with Crippen molar-refractivity contribution in [3.05, 3.63) is 0 Å². The van der Waals surface area contributed by atoms with Gasteiger partial charge in [-0.15, -0.1) is 0 Å². The average Bonchev–Trinajstić information content (AvgIpc) is 3.21. The minimum absolute atomic E-state index is 0.0405. The summed E-state index contributed by atoms with van der Waals surface area (Å²) < 4.78 is 0. The molecule has 1 atom stereocenters. The lowest BCUT2D eigenvalue weighted by Gasteiger charge is -2.34. The fraction of sp³-hybridized carbons (Fsp3) is 0.867. The van der Waals surface area contributed by atoms with Crippen LogP contribution in [0.1, 0.15) is 46.0 Å². The number of urea groups is 1. The van der Waals surface area contributed by atoms with Gasteiger partial charge in [0.1, 0.15) is 0 Å². The molecule has 1 heterocycles. The number of hydrogen-bond acceptors (Lipinski definition) is 2. The highest BCUT2D eigenvalue weighted by Gasteiger charge is 2.35. The summed E-state index contributed by atoms with van der Waals surface area (Å²) in [6, 6.07) is -0.270. The number of carboxylic acid groups (broad SMARTS) is 1. The first-order valence-electron chi connectivity index (χ1n) is 7.74. The predicted molar refractivity (Wildman–Crippen MR) is 76.4 cm³/mol. The number of carbonyl (C=O) groups excluding carboxylic acids is 1. The number of aliphatic carboxylic acids is 1. The molecule has 1 aliphatic carbocycles. The van der Waals surface area contributed by atoms with Crippen molar-refractivity contribution in [2.75, 3.05) is 13.1 Å². The Hall–Kier alpha value is -1.26. The second kappa shape index (κ2) is 6.46. The van der Waals surface area contributed by atoms with E-state index in [0.29, 0.717) is 17.8 Å². The zero-order valence-electron chi connectivity index (χ0n) is 12.5. The molecule has 20 heavy (non-hydrogen) atoms. The van der Waals surface area contributed by atoms with Crippen molar-refractivity contribution in [3.8, 4) is 0 Å². The van der Waals surface area contributed by atoms with Crippen LogP contribution >= 0.6 is 0 Å². The number of carbonyl (C=O) groups is 2. The number of piperidine rings is 1. The number of nitrogens with one attached hydrogen (secondary N) is 1. The van der Waals surface area contributed by atoms with E-state index in [2.05, 4.69) is 19.2 Å².